The number of rotatable bonds is 2. The first-order valence-corrected chi connectivity index (χ1v) is 6.74. The van der Waals surface area contributed by atoms with E-state index in [9.17, 15) is 4.79 Å². The lowest BCUT2D eigenvalue weighted by Crippen LogP contribution is -2.05. The second-order valence-electron chi connectivity index (χ2n) is 4.94. The molecule has 1 aromatic heterocycles. The minimum Gasteiger partial charge on any atom is -0.465 e. The molecule has 3 aromatic rings. The van der Waals surface area contributed by atoms with E-state index in [1.807, 2.05) is 61.5 Å². The van der Waals surface area contributed by atoms with Crippen LogP contribution in [0.1, 0.15) is 15.9 Å². The molecule has 3 nitrogen and oxygen atoms in total. The molecule has 0 atom stereocenters. The molecule has 0 amide bonds. The Kier molecular flexibility index (Phi) is 3.40. The number of aryl methyl sites for hydroxylation is 1. The maximum atomic E-state index is 12.1. The highest BCUT2D eigenvalue weighted by Crippen LogP contribution is 2.26. The van der Waals surface area contributed by atoms with Crippen LogP contribution in [0.25, 0.3) is 22.2 Å². The molecular formula is C18H15NO2. The lowest BCUT2D eigenvalue weighted by molar-refractivity contribution is 0.0601. The predicted molar refractivity (Wildman–Crippen MR) is 83.3 cm³/mol. The number of ether oxygens (including phenoxy) is 1. The second kappa shape index (κ2) is 5.37. The molecule has 104 valence electrons. The van der Waals surface area contributed by atoms with Crippen molar-refractivity contribution in [1.82, 2.24) is 4.98 Å². The lowest BCUT2D eigenvalue weighted by Gasteiger charge is -2.10. The Morgan fingerprint density at radius 2 is 1.81 bits per heavy atom. The van der Waals surface area contributed by atoms with Crippen molar-refractivity contribution in [3.05, 3.63) is 65.7 Å². The Balaban J connectivity index is 2.30. The molecule has 2 aromatic carbocycles. The fraction of sp³-hybridized carbons (Fsp3) is 0.111. The van der Waals surface area contributed by atoms with Gasteiger partial charge in [0.25, 0.3) is 0 Å². The van der Waals surface area contributed by atoms with Gasteiger partial charge in [-0.25, -0.2) is 9.78 Å². The van der Waals surface area contributed by atoms with E-state index in [1.54, 1.807) is 0 Å². The number of benzene rings is 2. The Bertz CT molecular complexity index is 810. The zero-order valence-corrected chi connectivity index (χ0v) is 12.0. The summed E-state index contributed by atoms with van der Waals surface area (Å²) in [5.74, 6) is -0.371. The van der Waals surface area contributed by atoms with Crippen LogP contribution in [-0.4, -0.2) is 18.1 Å². The molecule has 3 heteroatoms. The van der Waals surface area contributed by atoms with E-state index in [0.29, 0.717) is 11.3 Å². The highest BCUT2D eigenvalue weighted by molar-refractivity contribution is 6.00. The van der Waals surface area contributed by atoms with E-state index in [2.05, 4.69) is 4.98 Å². The molecule has 21 heavy (non-hydrogen) atoms. The summed E-state index contributed by atoms with van der Waals surface area (Å²) in [5.41, 5.74) is 4.04. The number of carbonyl (C=O) groups excluding carboxylic acids is 1. The molecule has 0 aliphatic carbocycles. The summed E-state index contributed by atoms with van der Waals surface area (Å²) >= 11 is 0. The van der Waals surface area contributed by atoms with Crippen molar-refractivity contribution in [2.45, 2.75) is 6.92 Å². The van der Waals surface area contributed by atoms with Crippen molar-refractivity contribution in [3.8, 4) is 11.3 Å². The van der Waals surface area contributed by atoms with Crippen LogP contribution in [0.15, 0.2) is 54.6 Å². The van der Waals surface area contributed by atoms with Gasteiger partial charge in [-0.3, -0.25) is 0 Å². The molecule has 0 saturated heterocycles. The summed E-state index contributed by atoms with van der Waals surface area (Å²) < 4.78 is 4.90. The highest BCUT2D eigenvalue weighted by atomic mass is 16.5. The molecule has 1 heterocycles. The Labute approximate surface area is 123 Å². The molecule has 3 rings (SSSR count). The second-order valence-corrected chi connectivity index (χ2v) is 4.94. The molecule has 0 aliphatic heterocycles. The van der Waals surface area contributed by atoms with Crippen LogP contribution in [0.2, 0.25) is 0 Å². The van der Waals surface area contributed by atoms with Crippen molar-refractivity contribution in [2.75, 3.05) is 7.11 Å². The van der Waals surface area contributed by atoms with Crippen molar-refractivity contribution in [3.63, 3.8) is 0 Å². The number of nitrogens with zero attached hydrogens (tertiary/aromatic N) is 1. The smallest absolute Gasteiger partial charge is 0.340 e. The summed E-state index contributed by atoms with van der Waals surface area (Å²) in [5, 5.41) is 0.940. The van der Waals surface area contributed by atoms with E-state index >= 15 is 0 Å². The fourth-order valence-electron chi connectivity index (χ4n) is 2.38. The van der Waals surface area contributed by atoms with Gasteiger partial charge in [-0.05, 0) is 25.1 Å². The lowest BCUT2D eigenvalue weighted by atomic mass is 10.0. The van der Waals surface area contributed by atoms with Gasteiger partial charge in [0, 0.05) is 10.9 Å². The Morgan fingerprint density at radius 1 is 1.05 bits per heavy atom. The molecule has 0 aliphatic rings. The summed E-state index contributed by atoms with van der Waals surface area (Å²) in [4.78, 5) is 16.7. The van der Waals surface area contributed by atoms with Crippen LogP contribution in [0.4, 0.5) is 0 Å². The monoisotopic (exact) mass is 277 g/mol. The van der Waals surface area contributed by atoms with Gasteiger partial charge in [0.05, 0.1) is 23.9 Å². The maximum Gasteiger partial charge on any atom is 0.340 e. The van der Waals surface area contributed by atoms with Crippen molar-refractivity contribution >= 4 is 16.9 Å². The van der Waals surface area contributed by atoms with Gasteiger partial charge in [0.1, 0.15) is 0 Å². The molecule has 0 bridgehead atoms. The van der Waals surface area contributed by atoms with Gasteiger partial charge in [-0.2, -0.15) is 0 Å². The van der Waals surface area contributed by atoms with Crippen molar-refractivity contribution in [2.24, 2.45) is 0 Å². The molecule has 0 radical (unpaired) electrons. The maximum absolute atomic E-state index is 12.1. The van der Waals surface area contributed by atoms with Gasteiger partial charge in [0.15, 0.2) is 0 Å². The van der Waals surface area contributed by atoms with Gasteiger partial charge < -0.3 is 4.74 Å². The zero-order valence-electron chi connectivity index (χ0n) is 12.0. The summed E-state index contributed by atoms with van der Waals surface area (Å²) in [6, 6.07) is 17.5. The van der Waals surface area contributed by atoms with Crippen molar-refractivity contribution in [1.29, 1.82) is 0 Å². The average molecular weight is 277 g/mol. The summed E-state index contributed by atoms with van der Waals surface area (Å²) in [7, 11) is 1.39. The van der Waals surface area contributed by atoms with Crippen LogP contribution in [-0.2, 0) is 4.74 Å². The number of carbonyl (C=O) groups is 1. The highest BCUT2D eigenvalue weighted by Gasteiger charge is 2.16. The largest absolute Gasteiger partial charge is 0.465 e. The van der Waals surface area contributed by atoms with E-state index < -0.39 is 0 Å². The standard InChI is InChI=1S/C18H15NO2/c1-12-8-9-16-14(10-12)11-15(18(20)21-2)17(19-16)13-6-4-3-5-7-13/h3-11H,1-2H3. The zero-order chi connectivity index (χ0) is 14.8. The molecule has 0 N–H and O–H groups in total. The predicted octanol–water partition coefficient (Wildman–Crippen LogP) is 4.00. The topological polar surface area (TPSA) is 39.2 Å². The Hall–Kier alpha value is -2.68. The van der Waals surface area contributed by atoms with Crippen LogP contribution in [0.3, 0.4) is 0 Å². The molecule has 0 spiro atoms. The average Bonchev–Trinajstić information content (AvgIpc) is 2.53. The van der Waals surface area contributed by atoms with Crippen LogP contribution in [0, 0.1) is 6.92 Å². The van der Waals surface area contributed by atoms with Gasteiger partial charge in [-0.15, -0.1) is 0 Å². The van der Waals surface area contributed by atoms with Gasteiger partial charge in [0.2, 0.25) is 0 Å². The third-order valence-electron chi connectivity index (χ3n) is 3.42. The number of hydrogen-bond acceptors (Lipinski definition) is 3. The first-order chi connectivity index (χ1) is 10.2. The number of pyridine rings is 1. The summed E-state index contributed by atoms with van der Waals surface area (Å²) in [6.07, 6.45) is 0. The Morgan fingerprint density at radius 3 is 2.52 bits per heavy atom. The van der Waals surface area contributed by atoms with E-state index in [4.69, 9.17) is 4.74 Å². The van der Waals surface area contributed by atoms with Crippen LogP contribution >= 0.6 is 0 Å². The van der Waals surface area contributed by atoms with Crippen molar-refractivity contribution < 1.29 is 9.53 Å². The first kappa shape index (κ1) is 13.3. The fourth-order valence-corrected chi connectivity index (χ4v) is 2.38. The van der Waals surface area contributed by atoms with Gasteiger partial charge in [-0.1, -0.05) is 42.0 Å². The number of methoxy groups -OCH3 is 1. The molecule has 0 unspecified atom stereocenters. The van der Waals surface area contributed by atoms with Crippen LogP contribution in [0.5, 0.6) is 0 Å². The van der Waals surface area contributed by atoms with Gasteiger partial charge >= 0.3 is 5.97 Å². The molecule has 0 fully saturated rings. The van der Waals surface area contributed by atoms with Crippen LogP contribution < -0.4 is 0 Å². The minimum absolute atomic E-state index is 0.371. The third-order valence-corrected chi connectivity index (χ3v) is 3.42. The van der Waals surface area contributed by atoms with E-state index in [-0.39, 0.29) is 5.97 Å². The number of aromatic nitrogens is 1. The van der Waals surface area contributed by atoms with E-state index in [0.717, 1.165) is 22.0 Å². The SMILES string of the molecule is COC(=O)c1cc2cc(C)ccc2nc1-c1ccccc1. The number of hydrogen-bond donors (Lipinski definition) is 0. The number of esters is 1. The third kappa shape index (κ3) is 2.50. The normalized spacial score (nSPS) is 10.6. The minimum atomic E-state index is -0.371. The number of fused-ring (bicyclic) bond motifs is 1. The molecule has 0 saturated carbocycles. The quantitative estimate of drug-likeness (QED) is 0.665. The summed E-state index contributed by atoms with van der Waals surface area (Å²) in [6.45, 7) is 2.02. The van der Waals surface area contributed by atoms with E-state index in [1.165, 1.54) is 7.11 Å². The molecular weight excluding hydrogens is 262 g/mol. The first-order valence-electron chi connectivity index (χ1n) is 6.74.